The zero-order chi connectivity index (χ0) is 36.9. The number of aryl methyl sites for hydroxylation is 1. The molecule has 1 aliphatic carbocycles. The number of nitrogens with one attached hydrogen (secondary N) is 2. The summed E-state index contributed by atoms with van der Waals surface area (Å²) in [5.41, 5.74) is 5.36. The molecule has 2 N–H and O–H groups in total. The lowest BCUT2D eigenvalue weighted by molar-refractivity contribution is 0.0919. The summed E-state index contributed by atoms with van der Waals surface area (Å²) < 4.78 is 0. The summed E-state index contributed by atoms with van der Waals surface area (Å²) in [5, 5.41) is 21.6. The van der Waals surface area contributed by atoms with Crippen LogP contribution in [0.3, 0.4) is 0 Å². The third-order valence-corrected chi connectivity index (χ3v) is 11.8. The summed E-state index contributed by atoms with van der Waals surface area (Å²) in [6.45, 7) is 9.97. The van der Waals surface area contributed by atoms with Gasteiger partial charge in [-0.15, -0.1) is 10.2 Å². The number of fused-ring (bicyclic) bond motifs is 1. The van der Waals surface area contributed by atoms with Gasteiger partial charge in [0.2, 0.25) is 0 Å². The number of carbonyl (C=O) groups excluding carboxylic acids is 1. The predicted octanol–water partition coefficient (Wildman–Crippen LogP) is 5.01. The molecule has 12 nitrogen and oxygen atoms in total. The van der Waals surface area contributed by atoms with Crippen molar-refractivity contribution in [2.75, 3.05) is 62.7 Å². The third-order valence-electron chi connectivity index (χ3n) is 11.5. The van der Waals surface area contributed by atoms with E-state index in [2.05, 4.69) is 64.3 Å². The number of nitrogens with zero attached hydrogens (tertiary/aromatic N) is 8. The van der Waals surface area contributed by atoms with Gasteiger partial charge in [-0.2, -0.15) is 5.26 Å². The molecule has 0 unspecified atom stereocenters. The number of hydrogen-bond acceptors (Lipinski definition) is 10. The number of halogens is 1. The Balaban J connectivity index is 0.810. The summed E-state index contributed by atoms with van der Waals surface area (Å²) in [4.78, 5) is 42.6. The first kappa shape index (κ1) is 36.8. The molecule has 4 aromatic rings. The molecule has 13 heteroatoms. The van der Waals surface area contributed by atoms with Crippen LogP contribution in [-0.2, 0) is 13.0 Å². The number of anilines is 2. The number of rotatable bonds is 10. The predicted molar refractivity (Wildman–Crippen MR) is 209 cm³/mol. The number of carbonyl (C=O) groups is 1. The van der Waals surface area contributed by atoms with Crippen LogP contribution in [0.4, 0.5) is 11.5 Å². The standard InChI is InChI=1S/C40H49ClN10O2/c1-3-29-21-36-37(45-39(29)52)20-28(24-43-36)26-50-18-16-49(17-19-50)25-27-12-14-51(15-13-27)38-11-10-35(46-47-38)40(53)44-31-5-8-32(9-6-31)48(2)33-7-4-30(23-42)34(41)22-33/h4,7,10-11,20-22,24,27,31-32H,3,5-6,8-9,12-19,25-26H2,1-2H3,(H,44,53)(H,45,52). The van der Waals surface area contributed by atoms with Crippen molar-refractivity contribution in [1.82, 2.24) is 35.3 Å². The van der Waals surface area contributed by atoms with Crippen molar-refractivity contribution in [3.8, 4) is 6.07 Å². The third kappa shape index (κ3) is 8.81. The fraction of sp³-hybridized carbons (Fsp3) is 0.500. The Morgan fingerprint density at radius 1 is 0.981 bits per heavy atom. The summed E-state index contributed by atoms with van der Waals surface area (Å²) in [5.74, 6) is 1.31. The molecular formula is C40H49ClN10O2. The molecule has 0 bridgehead atoms. The molecule has 0 atom stereocenters. The van der Waals surface area contributed by atoms with E-state index in [1.54, 1.807) is 12.1 Å². The van der Waals surface area contributed by atoms with Gasteiger partial charge < -0.3 is 25.0 Å². The van der Waals surface area contributed by atoms with Crippen LogP contribution < -0.4 is 20.7 Å². The average molecular weight is 737 g/mol. The molecule has 7 rings (SSSR count). The average Bonchev–Trinajstić information content (AvgIpc) is 3.18. The number of nitriles is 1. The van der Waals surface area contributed by atoms with Crippen molar-refractivity contribution >= 4 is 40.0 Å². The number of benzene rings is 1. The molecule has 2 aliphatic heterocycles. The topological polar surface area (TPSA) is 137 Å². The van der Waals surface area contributed by atoms with E-state index in [0.29, 0.717) is 34.7 Å². The minimum atomic E-state index is -0.172. The second-order valence-corrected chi connectivity index (χ2v) is 15.3. The molecule has 0 radical (unpaired) electrons. The van der Waals surface area contributed by atoms with E-state index in [1.807, 2.05) is 37.4 Å². The normalized spacial score (nSPS) is 20.3. The maximum atomic E-state index is 13.1. The highest BCUT2D eigenvalue weighted by molar-refractivity contribution is 6.32. The molecule has 3 aromatic heterocycles. The number of aromatic nitrogens is 4. The van der Waals surface area contributed by atoms with Crippen molar-refractivity contribution in [2.24, 2.45) is 5.92 Å². The van der Waals surface area contributed by atoms with E-state index < -0.39 is 0 Å². The van der Waals surface area contributed by atoms with Crippen molar-refractivity contribution < 1.29 is 4.79 Å². The van der Waals surface area contributed by atoms with E-state index in [4.69, 9.17) is 16.9 Å². The summed E-state index contributed by atoms with van der Waals surface area (Å²) in [6, 6.07) is 15.8. The zero-order valence-electron chi connectivity index (χ0n) is 30.7. The highest BCUT2D eigenvalue weighted by atomic mass is 35.5. The molecule has 1 saturated carbocycles. The second-order valence-electron chi connectivity index (χ2n) is 14.9. The largest absolute Gasteiger partial charge is 0.372 e. The molecule has 278 valence electrons. The van der Waals surface area contributed by atoms with Crippen LogP contribution in [0.15, 0.2) is 53.5 Å². The van der Waals surface area contributed by atoms with Crippen molar-refractivity contribution in [1.29, 1.82) is 5.26 Å². The first-order valence-electron chi connectivity index (χ1n) is 19.0. The van der Waals surface area contributed by atoms with Crippen LogP contribution in [0, 0.1) is 17.2 Å². The summed E-state index contributed by atoms with van der Waals surface area (Å²) in [7, 11) is 2.06. The monoisotopic (exact) mass is 736 g/mol. The molecular weight excluding hydrogens is 688 g/mol. The zero-order valence-corrected chi connectivity index (χ0v) is 31.5. The molecule has 53 heavy (non-hydrogen) atoms. The van der Waals surface area contributed by atoms with Gasteiger partial charge >= 0.3 is 0 Å². The van der Waals surface area contributed by atoms with Crippen LogP contribution in [-0.4, -0.2) is 101 Å². The smallest absolute Gasteiger partial charge is 0.272 e. The van der Waals surface area contributed by atoms with Gasteiger partial charge in [0.1, 0.15) is 6.07 Å². The van der Waals surface area contributed by atoms with Gasteiger partial charge in [0.15, 0.2) is 11.5 Å². The van der Waals surface area contributed by atoms with E-state index in [0.717, 1.165) is 125 Å². The van der Waals surface area contributed by atoms with Crippen LogP contribution in [0.2, 0.25) is 5.02 Å². The number of amides is 1. The lowest BCUT2D eigenvalue weighted by atomic mass is 9.90. The minimum Gasteiger partial charge on any atom is -0.372 e. The highest BCUT2D eigenvalue weighted by Crippen LogP contribution is 2.30. The van der Waals surface area contributed by atoms with Crippen LogP contribution >= 0.6 is 11.6 Å². The Bertz CT molecular complexity index is 1990. The van der Waals surface area contributed by atoms with Gasteiger partial charge in [-0.1, -0.05) is 18.5 Å². The van der Waals surface area contributed by atoms with Gasteiger partial charge in [-0.05, 0) is 98.9 Å². The molecule has 5 heterocycles. The lowest BCUT2D eigenvalue weighted by Gasteiger charge is -2.39. The fourth-order valence-electron chi connectivity index (χ4n) is 8.12. The Morgan fingerprint density at radius 3 is 2.42 bits per heavy atom. The highest BCUT2D eigenvalue weighted by Gasteiger charge is 2.28. The number of pyridine rings is 2. The van der Waals surface area contributed by atoms with Crippen LogP contribution in [0.25, 0.3) is 11.0 Å². The first-order chi connectivity index (χ1) is 25.8. The first-order valence-corrected chi connectivity index (χ1v) is 19.4. The van der Waals surface area contributed by atoms with Crippen LogP contribution in [0.5, 0.6) is 0 Å². The SMILES string of the molecule is CCc1cc2ncc(CN3CCN(CC4CCN(c5ccc(C(=O)NC6CCC(N(C)c7ccc(C#N)c(Cl)c7)CC6)nn5)CC4)CC3)cc2[nH]c1=O. The summed E-state index contributed by atoms with van der Waals surface area (Å²) >= 11 is 6.26. The van der Waals surface area contributed by atoms with Crippen molar-refractivity contribution in [3.05, 3.63) is 86.4 Å². The number of piperazine rings is 1. The van der Waals surface area contributed by atoms with Gasteiger partial charge in [-0.3, -0.25) is 19.5 Å². The van der Waals surface area contributed by atoms with Crippen molar-refractivity contribution in [2.45, 2.75) is 70.5 Å². The number of piperidine rings is 1. The maximum absolute atomic E-state index is 13.1. The van der Waals surface area contributed by atoms with Gasteiger partial charge in [0, 0.05) is 88.9 Å². The second kappa shape index (κ2) is 16.6. The van der Waals surface area contributed by atoms with E-state index in [1.165, 1.54) is 0 Å². The van der Waals surface area contributed by atoms with Crippen molar-refractivity contribution in [3.63, 3.8) is 0 Å². The molecule has 1 aromatic carbocycles. The quantitative estimate of drug-likeness (QED) is 0.229. The molecule has 1 amide bonds. The molecule has 2 saturated heterocycles. The van der Waals surface area contributed by atoms with Gasteiger partial charge in [-0.25, -0.2) is 0 Å². The molecule has 3 aliphatic rings. The van der Waals surface area contributed by atoms with E-state index >= 15 is 0 Å². The van der Waals surface area contributed by atoms with Gasteiger partial charge in [0.25, 0.3) is 11.5 Å². The van der Waals surface area contributed by atoms with Gasteiger partial charge in [0.05, 0.1) is 21.6 Å². The minimum absolute atomic E-state index is 0.0206. The Kier molecular flexibility index (Phi) is 11.5. The summed E-state index contributed by atoms with van der Waals surface area (Å²) in [6.07, 6.45) is 8.53. The number of aromatic amines is 1. The van der Waals surface area contributed by atoms with Crippen LogP contribution in [0.1, 0.15) is 72.6 Å². The number of hydrogen-bond donors (Lipinski definition) is 2. The Hall–Kier alpha value is -4.57. The Morgan fingerprint density at radius 2 is 1.74 bits per heavy atom. The molecule has 3 fully saturated rings. The maximum Gasteiger partial charge on any atom is 0.272 e. The fourth-order valence-corrected chi connectivity index (χ4v) is 8.34. The van der Waals surface area contributed by atoms with E-state index in [9.17, 15) is 9.59 Å². The van der Waals surface area contributed by atoms with E-state index in [-0.39, 0.29) is 17.5 Å². The Labute approximate surface area is 316 Å². The number of H-pyrrole nitrogens is 1. The lowest BCUT2D eigenvalue weighted by Crippen LogP contribution is -2.48. The molecule has 0 spiro atoms.